The number of nitrogens with zero attached hydrogens (tertiary/aromatic N) is 4. The molecule has 2 fully saturated rings. The van der Waals surface area contributed by atoms with Gasteiger partial charge in [0, 0.05) is 35.4 Å². The molecule has 5 aromatic rings. The molecule has 2 heterocycles. The summed E-state index contributed by atoms with van der Waals surface area (Å²) in [5.41, 5.74) is 6.32. The number of hydrogen-bond donors (Lipinski definition) is 0. The third kappa shape index (κ3) is 3.58. The third-order valence-electron chi connectivity index (χ3n) is 8.53. The lowest BCUT2D eigenvalue weighted by atomic mass is 9.86. The monoisotopic (exact) mass is 512 g/mol. The highest BCUT2D eigenvalue weighted by Gasteiger charge is 2.70. The molecule has 190 valence electrons. The summed E-state index contributed by atoms with van der Waals surface area (Å²) in [7, 11) is 0. The fourth-order valence-corrected chi connectivity index (χ4v) is 6.78. The fraction of sp³-hybridized carbons (Fsp3) is 0.182. The van der Waals surface area contributed by atoms with Gasteiger partial charge in [-0.2, -0.15) is 5.10 Å². The number of aryl methyl sites for hydroxylation is 1. The molecule has 39 heavy (non-hydrogen) atoms. The molecule has 5 nitrogen and oxygen atoms in total. The Morgan fingerprint density at radius 1 is 1.03 bits per heavy atom. The minimum Gasteiger partial charge on any atom is -0.337 e. The zero-order chi connectivity index (χ0) is 26.7. The minimum absolute atomic E-state index is 0.0262. The van der Waals surface area contributed by atoms with Crippen LogP contribution < -0.4 is 0 Å². The van der Waals surface area contributed by atoms with Gasteiger partial charge in [0.25, 0.3) is 5.91 Å². The van der Waals surface area contributed by atoms with Crippen LogP contribution in [0.4, 0.5) is 10.1 Å². The summed E-state index contributed by atoms with van der Waals surface area (Å²) in [6.45, 7) is 10.8. The van der Waals surface area contributed by atoms with Gasteiger partial charge < -0.3 is 4.90 Å². The van der Waals surface area contributed by atoms with E-state index in [0.717, 1.165) is 22.2 Å². The van der Waals surface area contributed by atoms with Crippen molar-refractivity contribution in [3.63, 3.8) is 0 Å². The molecule has 1 saturated carbocycles. The highest BCUT2D eigenvalue weighted by atomic mass is 19.1. The minimum atomic E-state index is -0.277. The maximum Gasteiger partial charge on any atom is 0.252 e. The molecule has 1 aliphatic heterocycles. The van der Waals surface area contributed by atoms with Gasteiger partial charge in [0.05, 0.1) is 24.0 Å². The van der Waals surface area contributed by atoms with E-state index >= 15 is 0 Å². The average molecular weight is 513 g/mol. The molecular weight excluding hydrogens is 487 g/mol. The van der Waals surface area contributed by atoms with Crippen LogP contribution in [0.25, 0.3) is 21.4 Å². The number of benzene rings is 4. The Balaban J connectivity index is 1.30. The summed E-state index contributed by atoms with van der Waals surface area (Å²) >= 11 is 0. The Morgan fingerprint density at radius 3 is 2.59 bits per heavy atom. The maximum atomic E-state index is 13.6. The van der Waals surface area contributed by atoms with Crippen LogP contribution in [0.1, 0.15) is 33.0 Å². The van der Waals surface area contributed by atoms with Crippen LogP contribution in [-0.4, -0.2) is 33.7 Å². The molecule has 0 N–H and O–H groups in total. The molecule has 0 bridgehead atoms. The predicted molar refractivity (Wildman–Crippen MR) is 149 cm³/mol. The quantitative estimate of drug-likeness (QED) is 0.248. The number of carbonyl (C=O) groups is 1. The average Bonchev–Trinajstić information content (AvgIpc) is 3.23. The van der Waals surface area contributed by atoms with Crippen LogP contribution in [0.2, 0.25) is 0 Å². The van der Waals surface area contributed by atoms with Gasteiger partial charge in [0.15, 0.2) is 5.69 Å². The van der Waals surface area contributed by atoms with Crippen molar-refractivity contribution in [3.05, 3.63) is 137 Å². The molecule has 4 aromatic carbocycles. The van der Waals surface area contributed by atoms with Crippen LogP contribution in [0.15, 0.2) is 97.2 Å². The number of rotatable bonds is 4. The van der Waals surface area contributed by atoms with Gasteiger partial charge in [-0.05, 0) is 72.0 Å². The first-order chi connectivity index (χ1) is 19.0. The summed E-state index contributed by atoms with van der Waals surface area (Å²) in [4.78, 5) is 19.0. The van der Waals surface area contributed by atoms with E-state index in [1.165, 1.54) is 23.3 Å². The first-order valence-electron chi connectivity index (χ1n) is 13.1. The molecule has 6 heteroatoms. The van der Waals surface area contributed by atoms with Crippen molar-refractivity contribution in [1.29, 1.82) is 0 Å². The van der Waals surface area contributed by atoms with Gasteiger partial charge in [0.1, 0.15) is 5.82 Å². The Hall–Kier alpha value is -4.76. The van der Waals surface area contributed by atoms with Crippen molar-refractivity contribution in [2.24, 2.45) is 5.92 Å². The van der Waals surface area contributed by atoms with Gasteiger partial charge in [-0.15, -0.1) is 0 Å². The molecule has 0 spiro atoms. The molecule has 7 rings (SSSR count). The highest BCUT2D eigenvalue weighted by Crippen LogP contribution is 2.70. The van der Waals surface area contributed by atoms with Gasteiger partial charge >= 0.3 is 0 Å². The molecule has 0 radical (unpaired) electrons. The van der Waals surface area contributed by atoms with Gasteiger partial charge in [-0.1, -0.05) is 48.5 Å². The second-order valence-corrected chi connectivity index (χ2v) is 10.6. The third-order valence-corrected chi connectivity index (χ3v) is 8.53. The zero-order valence-corrected chi connectivity index (χ0v) is 21.4. The first-order valence-corrected chi connectivity index (χ1v) is 13.1. The standard InChI is InChI=1S/C33H25FN4O/c1-21-15-30-24(18-36-38(30)27-13-11-25(34)12-14-27)17-28(21)33-20-37(32(39)23-9-6-10-26(16-23)35-2)19-29(33)31(33)22-7-4-3-5-8-22/h3-18,29,31H,19-20H2,1H3/t29-,31-,33+/m0/s1. The van der Waals surface area contributed by atoms with E-state index in [1.807, 2.05) is 21.8 Å². The largest absolute Gasteiger partial charge is 0.337 e. The summed E-state index contributed by atoms with van der Waals surface area (Å²) in [6, 6.07) is 28.3. The normalized spacial score (nSPS) is 21.5. The van der Waals surface area contributed by atoms with Crippen molar-refractivity contribution in [1.82, 2.24) is 14.7 Å². The molecule has 2 aliphatic rings. The maximum absolute atomic E-state index is 13.6. The number of hydrogen-bond acceptors (Lipinski definition) is 2. The van der Waals surface area contributed by atoms with Gasteiger partial charge in [-0.25, -0.2) is 13.9 Å². The number of fused-ring (bicyclic) bond motifs is 2. The molecule has 0 unspecified atom stereocenters. The van der Waals surface area contributed by atoms with Crippen molar-refractivity contribution < 1.29 is 9.18 Å². The first kappa shape index (κ1) is 23.4. The fourth-order valence-electron chi connectivity index (χ4n) is 6.78. The number of likely N-dealkylation sites (tertiary alicyclic amines) is 1. The van der Waals surface area contributed by atoms with E-state index in [1.54, 1.807) is 36.4 Å². The Labute approximate surface area is 225 Å². The van der Waals surface area contributed by atoms with Crippen molar-refractivity contribution in [2.75, 3.05) is 13.1 Å². The smallest absolute Gasteiger partial charge is 0.252 e. The number of piperidine rings is 1. The van der Waals surface area contributed by atoms with Crippen LogP contribution in [0.3, 0.4) is 0 Å². The second kappa shape index (κ2) is 8.64. The van der Waals surface area contributed by atoms with Gasteiger partial charge in [0.2, 0.25) is 0 Å². The van der Waals surface area contributed by atoms with Crippen LogP contribution in [-0.2, 0) is 5.41 Å². The lowest BCUT2D eigenvalue weighted by Crippen LogP contribution is -2.34. The number of aromatic nitrogens is 2. The Morgan fingerprint density at radius 2 is 1.82 bits per heavy atom. The second-order valence-electron chi connectivity index (χ2n) is 10.6. The Kier molecular flexibility index (Phi) is 5.18. The molecule has 1 aromatic heterocycles. The SMILES string of the molecule is [C-]#[N+]c1cccc(C(=O)N2C[C@H]3[C@H](c4ccccc4)[C@@]3(c3cc4cnn(-c5ccc(F)cc5)c4cc3C)C2)c1. The summed E-state index contributed by atoms with van der Waals surface area (Å²) in [6.07, 6.45) is 1.86. The summed E-state index contributed by atoms with van der Waals surface area (Å²) in [5, 5.41) is 5.64. The lowest BCUT2D eigenvalue weighted by Gasteiger charge is -2.26. The molecule has 1 aliphatic carbocycles. The summed E-state index contributed by atoms with van der Waals surface area (Å²) < 4.78 is 15.4. The number of carbonyl (C=O) groups excluding carboxylic acids is 1. The molecule has 1 amide bonds. The van der Waals surface area contributed by atoms with E-state index in [0.29, 0.717) is 36.2 Å². The van der Waals surface area contributed by atoms with Crippen LogP contribution in [0.5, 0.6) is 0 Å². The number of amides is 1. The predicted octanol–water partition coefficient (Wildman–Crippen LogP) is 6.83. The van der Waals surface area contributed by atoms with Crippen molar-refractivity contribution in [2.45, 2.75) is 18.3 Å². The number of halogens is 1. The topological polar surface area (TPSA) is 42.5 Å². The molecule has 1 saturated heterocycles. The summed E-state index contributed by atoms with van der Waals surface area (Å²) in [5.74, 6) is 0.319. The van der Waals surface area contributed by atoms with E-state index in [4.69, 9.17) is 6.57 Å². The van der Waals surface area contributed by atoms with Crippen LogP contribution in [0, 0.1) is 25.2 Å². The zero-order valence-electron chi connectivity index (χ0n) is 21.4. The molecule has 3 atom stereocenters. The van der Waals surface area contributed by atoms with Crippen LogP contribution >= 0.6 is 0 Å². The molecular formula is C33H25FN4O. The van der Waals surface area contributed by atoms with E-state index in [9.17, 15) is 9.18 Å². The highest BCUT2D eigenvalue weighted by molar-refractivity contribution is 5.96. The van der Waals surface area contributed by atoms with E-state index in [-0.39, 0.29) is 17.1 Å². The lowest BCUT2D eigenvalue weighted by molar-refractivity contribution is 0.0769. The van der Waals surface area contributed by atoms with Gasteiger partial charge in [-0.3, -0.25) is 4.79 Å². The Bertz CT molecular complexity index is 1790. The van der Waals surface area contributed by atoms with E-state index < -0.39 is 0 Å². The van der Waals surface area contributed by atoms with E-state index in [2.05, 4.69) is 53.3 Å². The van der Waals surface area contributed by atoms with Crippen molar-refractivity contribution in [3.8, 4) is 5.69 Å². The van der Waals surface area contributed by atoms with Crippen molar-refractivity contribution >= 4 is 22.5 Å².